The average molecular weight is 354 g/mol. The van der Waals surface area contributed by atoms with Gasteiger partial charge in [0.2, 0.25) is 0 Å². The molecule has 0 aliphatic carbocycles. The van der Waals surface area contributed by atoms with Crippen molar-refractivity contribution in [2.75, 3.05) is 5.32 Å². The summed E-state index contributed by atoms with van der Waals surface area (Å²) in [5, 5.41) is 6.53. The lowest BCUT2D eigenvalue weighted by Gasteiger charge is -2.10. The molecule has 0 radical (unpaired) electrons. The van der Waals surface area contributed by atoms with Crippen LogP contribution in [-0.4, -0.2) is 10.1 Å². The van der Waals surface area contributed by atoms with E-state index in [1.54, 1.807) is 18.3 Å². The Morgan fingerprint density at radius 2 is 2.05 bits per heavy atom. The number of rotatable bonds is 3. The van der Waals surface area contributed by atoms with Crippen LogP contribution in [0.1, 0.15) is 11.1 Å². The minimum Gasteiger partial charge on any atom is -0.358 e. The minimum atomic E-state index is -0.246. The number of pyridine rings is 1. The molecule has 0 unspecified atom stereocenters. The Hall–Kier alpha value is -1.53. The Labute approximate surface area is 130 Å². The van der Waals surface area contributed by atoms with Crippen molar-refractivity contribution in [3.8, 4) is 0 Å². The molecule has 2 rings (SSSR count). The number of nitrogens with zero attached hydrogens (tertiary/aromatic N) is 1. The fourth-order valence-corrected chi connectivity index (χ4v) is 1.95. The van der Waals surface area contributed by atoms with Crippen LogP contribution in [0.15, 0.2) is 41.0 Å². The molecule has 0 amide bonds. The standard InChI is InChI=1S/C14H13BrFN3S/c1-9-6-13(17-8-12(9)15)19-14(20)18-7-10-2-4-11(16)5-3-10/h2-6,8H,7H2,1H3,(H2,17,18,19,20). The third kappa shape index (κ3) is 4.25. The number of halogens is 2. The van der Waals surface area contributed by atoms with Gasteiger partial charge >= 0.3 is 0 Å². The van der Waals surface area contributed by atoms with Crippen LogP contribution in [0.2, 0.25) is 0 Å². The van der Waals surface area contributed by atoms with Crippen molar-refractivity contribution in [3.05, 3.63) is 57.9 Å². The highest BCUT2D eigenvalue weighted by molar-refractivity contribution is 9.10. The van der Waals surface area contributed by atoms with E-state index in [2.05, 4.69) is 31.5 Å². The van der Waals surface area contributed by atoms with E-state index in [0.717, 1.165) is 15.6 Å². The summed E-state index contributed by atoms with van der Waals surface area (Å²) >= 11 is 8.58. The quantitative estimate of drug-likeness (QED) is 0.823. The number of hydrogen-bond donors (Lipinski definition) is 2. The summed E-state index contributed by atoms with van der Waals surface area (Å²) in [5.41, 5.74) is 2.03. The van der Waals surface area contributed by atoms with E-state index < -0.39 is 0 Å². The first-order valence-electron chi connectivity index (χ1n) is 5.96. The third-order valence-corrected chi connectivity index (χ3v) is 3.73. The van der Waals surface area contributed by atoms with E-state index in [1.165, 1.54) is 12.1 Å². The SMILES string of the molecule is Cc1cc(NC(=S)NCc2ccc(F)cc2)ncc1Br. The van der Waals surface area contributed by atoms with E-state index >= 15 is 0 Å². The molecule has 0 spiro atoms. The lowest BCUT2D eigenvalue weighted by molar-refractivity contribution is 0.627. The summed E-state index contributed by atoms with van der Waals surface area (Å²) in [6.07, 6.45) is 1.72. The van der Waals surface area contributed by atoms with Crippen molar-refractivity contribution >= 4 is 39.1 Å². The Morgan fingerprint density at radius 3 is 2.70 bits per heavy atom. The monoisotopic (exact) mass is 353 g/mol. The van der Waals surface area contributed by atoms with Crippen LogP contribution in [0.25, 0.3) is 0 Å². The van der Waals surface area contributed by atoms with Crippen LogP contribution in [0.5, 0.6) is 0 Å². The molecule has 2 aromatic rings. The van der Waals surface area contributed by atoms with Crippen LogP contribution in [0.3, 0.4) is 0 Å². The molecule has 20 heavy (non-hydrogen) atoms. The van der Waals surface area contributed by atoms with Gasteiger partial charge in [0.1, 0.15) is 11.6 Å². The Morgan fingerprint density at radius 1 is 1.35 bits per heavy atom. The van der Waals surface area contributed by atoms with Gasteiger partial charge in [-0.3, -0.25) is 0 Å². The van der Waals surface area contributed by atoms with E-state index in [1.807, 2.05) is 13.0 Å². The van der Waals surface area contributed by atoms with Gasteiger partial charge < -0.3 is 10.6 Å². The zero-order valence-electron chi connectivity index (χ0n) is 10.8. The maximum absolute atomic E-state index is 12.8. The smallest absolute Gasteiger partial charge is 0.172 e. The Balaban J connectivity index is 1.89. The summed E-state index contributed by atoms with van der Waals surface area (Å²) in [5.74, 6) is 0.436. The van der Waals surface area contributed by atoms with E-state index in [4.69, 9.17) is 12.2 Å². The van der Waals surface area contributed by atoms with Crippen LogP contribution in [-0.2, 0) is 6.54 Å². The van der Waals surface area contributed by atoms with Gasteiger partial charge in [0.25, 0.3) is 0 Å². The zero-order chi connectivity index (χ0) is 14.5. The predicted octanol–water partition coefficient (Wildman–Crippen LogP) is 3.78. The fourth-order valence-electron chi connectivity index (χ4n) is 1.55. The minimum absolute atomic E-state index is 0.246. The van der Waals surface area contributed by atoms with Crippen LogP contribution in [0, 0.1) is 12.7 Å². The molecule has 3 nitrogen and oxygen atoms in total. The van der Waals surface area contributed by atoms with Crippen molar-refractivity contribution in [3.63, 3.8) is 0 Å². The first-order valence-corrected chi connectivity index (χ1v) is 7.16. The molecule has 0 saturated carbocycles. The van der Waals surface area contributed by atoms with Crippen LogP contribution < -0.4 is 10.6 Å². The number of nitrogens with one attached hydrogen (secondary N) is 2. The second kappa shape index (κ2) is 6.76. The molecule has 1 aromatic heterocycles. The topological polar surface area (TPSA) is 37.0 Å². The highest BCUT2D eigenvalue weighted by Crippen LogP contribution is 2.17. The molecule has 1 aromatic carbocycles. The van der Waals surface area contributed by atoms with E-state index in [-0.39, 0.29) is 5.82 Å². The summed E-state index contributed by atoms with van der Waals surface area (Å²) in [7, 11) is 0. The van der Waals surface area contributed by atoms with Crippen molar-refractivity contribution in [2.45, 2.75) is 13.5 Å². The maximum atomic E-state index is 12.8. The van der Waals surface area contributed by atoms with Gasteiger partial charge in [-0.2, -0.15) is 0 Å². The van der Waals surface area contributed by atoms with Gasteiger partial charge in [-0.25, -0.2) is 9.37 Å². The van der Waals surface area contributed by atoms with Gasteiger partial charge in [-0.1, -0.05) is 12.1 Å². The van der Waals surface area contributed by atoms with Gasteiger partial charge in [0.15, 0.2) is 5.11 Å². The highest BCUT2D eigenvalue weighted by Gasteiger charge is 2.02. The lowest BCUT2D eigenvalue weighted by Crippen LogP contribution is -2.28. The van der Waals surface area contributed by atoms with Gasteiger partial charge in [-0.15, -0.1) is 0 Å². The molecule has 104 valence electrons. The lowest BCUT2D eigenvalue weighted by atomic mass is 10.2. The largest absolute Gasteiger partial charge is 0.358 e. The van der Waals surface area contributed by atoms with Crippen molar-refractivity contribution in [2.24, 2.45) is 0 Å². The number of aromatic nitrogens is 1. The first-order chi connectivity index (χ1) is 9.54. The number of aryl methyl sites for hydroxylation is 1. The van der Waals surface area contributed by atoms with Crippen molar-refractivity contribution in [1.29, 1.82) is 0 Å². The maximum Gasteiger partial charge on any atom is 0.172 e. The third-order valence-electron chi connectivity index (χ3n) is 2.65. The summed E-state index contributed by atoms with van der Waals surface area (Å²) in [6, 6.07) is 8.18. The fraction of sp³-hybridized carbons (Fsp3) is 0.143. The molecule has 0 aliphatic heterocycles. The van der Waals surface area contributed by atoms with Gasteiger partial charge in [0, 0.05) is 17.2 Å². The number of hydrogen-bond acceptors (Lipinski definition) is 2. The molecule has 2 N–H and O–H groups in total. The molecule has 6 heteroatoms. The molecule has 0 fully saturated rings. The van der Waals surface area contributed by atoms with Gasteiger partial charge in [-0.05, 0) is 64.4 Å². The molecule has 1 heterocycles. The zero-order valence-corrected chi connectivity index (χ0v) is 13.2. The number of thiocarbonyl (C=S) groups is 1. The Kier molecular flexibility index (Phi) is 5.03. The summed E-state index contributed by atoms with van der Waals surface area (Å²) in [6.45, 7) is 2.51. The van der Waals surface area contributed by atoms with Crippen molar-refractivity contribution < 1.29 is 4.39 Å². The molecule has 0 aliphatic rings. The van der Waals surface area contributed by atoms with E-state index in [9.17, 15) is 4.39 Å². The van der Waals surface area contributed by atoms with Crippen LogP contribution in [0.4, 0.5) is 10.2 Å². The summed E-state index contributed by atoms with van der Waals surface area (Å²) in [4.78, 5) is 4.21. The molecular weight excluding hydrogens is 341 g/mol. The second-order valence-electron chi connectivity index (χ2n) is 4.25. The normalized spacial score (nSPS) is 10.2. The molecule has 0 atom stereocenters. The number of benzene rings is 1. The van der Waals surface area contributed by atoms with Crippen LogP contribution >= 0.6 is 28.1 Å². The second-order valence-corrected chi connectivity index (χ2v) is 5.52. The highest BCUT2D eigenvalue weighted by atomic mass is 79.9. The average Bonchev–Trinajstić information content (AvgIpc) is 2.42. The molecular formula is C14H13BrFN3S. The van der Waals surface area contributed by atoms with Crippen molar-refractivity contribution in [1.82, 2.24) is 10.3 Å². The Bertz CT molecular complexity index is 616. The predicted molar refractivity (Wildman–Crippen MR) is 86.1 cm³/mol. The molecule has 0 bridgehead atoms. The number of anilines is 1. The molecule has 0 saturated heterocycles. The van der Waals surface area contributed by atoms with E-state index in [0.29, 0.717) is 17.5 Å². The summed E-state index contributed by atoms with van der Waals surface area (Å²) < 4.78 is 13.7. The van der Waals surface area contributed by atoms with Gasteiger partial charge in [0.05, 0.1) is 0 Å². The first kappa shape index (κ1) is 14.9.